The van der Waals surface area contributed by atoms with Crippen molar-refractivity contribution in [2.45, 2.75) is 122 Å². The van der Waals surface area contributed by atoms with Crippen LogP contribution in [0.4, 0.5) is 0 Å². The van der Waals surface area contributed by atoms with Gasteiger partial charge in [-0.25, -0.2) is 0 Å². The van der Waals surface area contributed by atoms with E-state index in [1.54, 1.807) is 0 Å². The topological polar surface area (TPSA) is 12.0 Å². The Labute approximate surface area is 177 Å². The molecule has 0 atom stereocenters. The highest BCUT2D eigenvalue weighted by molar-refractivity contribution is 7.80. The molecule has 0 aliphatic rings. The van der Waals surface area contributed by atoms with Crippen LogP contribution >= 0.6 is 25.3 Å². The van der Waals surface area contributed by atoms with Crippen LogP contribution in [0.2, 0.25) is 0 Å². The summed E-state index contributed by atoms with van der Waals surface area (Å²) in [6.07, 6.45) is 26.7. The molecule has 0 fully saturated rings. The largest absolute Gasteiger partial charge is 0.317 e. The molecule has 0 aliphatic carbocycles. The third kappa shape index (κ3) is 24.7. The molecule has 0 unspecified atom stereocenters. The van der Waals surface area contributed by atoms with Crippen molar-refractivity contribution in [3.05, 3.63) is 0 Å². The normalized spacial score (nSPS) is 11.3. The molecule has 0 radical (unpaired) electrons. The lowest BCUT2D eigenvalue weighted by atomic mass is 10.1. The molecule has 158 valence electrons. The Bertz CT molecular complexity index is 212. The summed E-state index contributed by atoms with van der Waals surface area (Å²) in [4.78, 5) is 0. The Morgan fingerprint density at radius 1 is 0.308 bits per heavy atom. The van der Waals surface area contributed by atoms with E-state index in [0.717, 1.165) is 11.5 Å². The number of nitrogens with one attached hydrogen (secondary N) is 1. The van der Waals surface area contributed by atoms with Crippen molar-refractivity contribution in [3.8, 4) is 0 Å². The zero-order valence-electron chi connectivity index (χ0n) is 17.7. The Hall–Kier alpha value is 0.660. The summed E-state index contributed by atoms with van der Waals surface area (Å²) < 4.78 is 0. The molecule has 1 N–H and O–H groups in total. The lowest BCUT2D eigenvalue weighted by Gasteiger charge is -2.05. The maximum Gasteiger partial charge on any atom is -0.00489 e. The van der Waals surface area contributed by atoms with E-state index in [1.165, 1.54) is 135 Å². The maximum absolute atomic E-state index is 4.26. The molecular weight excluding hydrogens is 354 g/mol. The average molecular weight is 404 g/mol. The highest BCUT2D eigenvalue weighted by atomic mass is 32.1. The molecule has 0 aromatic carbocycles. The van der Waals surface area contributed by atoms with E-state index in [9.17, 15) is 0 Å². The molecule has 26 heavy (non-hydrogen) atoms. The van der Waals surface area contributed by atoms with Crippen LogP contribution in [0.1, 0.15) is 122 Å². The van der Waals surface area contributed by atoms with Gasteiger partial charge in [0.25, 0.3) is 0 Å². The lowest BCUT2D eigenvalue weighted by Crippen LogP contribution is -2.16. The van der Waals surface area contributed by atoms with Gasteiger partial charge in [-0.1, -0.05) is 96.3 Å². The van der Waals surface area contributed by atoms with Gasteiger partial charge in [0.05, 0.1) is 0 Å². The summed E-state index contributed by atoms with van der Waals surface area (Å²) >= 11 is 8.52. The summed E-state index contributed by atoms with van der Waals surface area (Å²) in [5.74, 6) is 2.12. The van der Waals surface area contributed by atoms with Gasteiger partial charge >= 0.3 is 0 Å². The second-order valence-corrected chi connectivity index (χ2v) is 8.81. The summed E-state index contributed by atoms with van der Waals surface area (Å²) in [5.41, 5.74) is 0. The van der Waals surface area contributed by atoms with Crippen molar-refractivity contribution in [1.82, 2.24) is 5.32 Å². The number of hydrogen-bond acceptors (Lipinski definition) is 3. The minimum absolute atomic E-state index is 1.06. The predicted molar refractivity (Wildman–Crippen MR) is 128 cm³/mol. The van der Waals surface area contributed by atoms with E-state index in [4.69, 9.17) is 0 Å². The third-order valence-electron chi connectivity index (χ3n) is 5.27. The predicted octanol–water partition coefficient (Wildman–Crippen LogP) is 7.85. The van der Waals surface area contributed by atoms with Crippen LogP contribution in [-0.2, 0) is 0 Å². The van der Waals surface area contributed by atoms with Crippen LogP contribution in [0.3, 0.4) is 0 Å². The van der Waals surface area contributed by atoms with Gasteiger partial charge in [-0.15, -0.1) is 0 Å². The van der Waals surface area contributed by atoms with Crippen molar-refractivity contribution in [1.29, 1.82) is 0 Å². The van der Waals surface area contributed by atoms with Gasteiger partial charge in [-0.2, -0.15) is 25.3 Å². The standard InChI is InChI=1S/C23H49NS2/c25-22-18-14-10-6-2-1-4-8-12-16-20-24-21-17-13-9-5-3-7-11-15-19-23-26/h24-26H,1-23H2. The molecule has 0 aromatic heterocycles. The molecule has 0 saturated carbocycles. The smallest absolute Gasteiger partial charge is 0.00489 e. The van der Waals surface area contributed by atoms with E-state index >= 15 is 0 Å². The minimum atomic E-state index is 1.06. The summed E-state index contributed by atoms with van der Waals surface area (Å²) in [6, 6.07) is 0. The molecule has 0 spiro atoms. The van der Waals surface area contributed by atoms with E-state index < -0.39 is 0 Å². The van der Waals surface area contributed by atoms with Crippen LogP contribution in [0, 0.1) is 0 Å². The molecule has 0 aromatic rings. The zero-order chi connectivity index (χ0) is 19.0. The molecule has 0 rings (SSSR count). The second kappa shape index (κ2) is 25.7. The molecule has 0 aliphatic heterocycles. The van der Waals surface area contributed by atoms with Crippen molar-refractivity contribution in [2.75, 3.05) is 24.6 Å². The first-order valence-corrected chi connectivity index (χ1v) is 13.1. The molecule has 0 amide bonds. The molecule has 1 nitrogen and oxygen atoms in total. The van der Waals surface area contributed by atoms with Gasteiger partial charge in [0, 0.05) is 0 Å². The van der Waals surface area contributed by atoms with Gasteiger partial charge in [-0.05, 0) is 50.3 Å². The van der Waals surface area contributed by atoms with E-state index in [-0.39, 0.29) is 0 Å². The third-order valence-corrected chi connectivity index (χ3v) is 5.91. The van der Waals surface area contributed by atoms with Gasteiger partial charge in [0.1, 0.15) is 0 Å². The Balaban J connectivity index is 2.95. The number of hydrogen-bond donors (Lipinski definition) is 3. The summed E-state index contributed by atoms with van der Waals surface area (Å²) in [7, 11) is 0. The molecular formula is C23H49NS2. The highest BCUT2D eigenvalue weighted by Crippen LogP contribution is 2.11. The van der Waals surface area contributed by atoms with Gasteiger partial charge in [-0.3, -0.25) is 0 Å². The Morgan fingerprint density at radius 2 is 0.538 bits per heavy atom. The minimum Gasteiger partial charge on any atom is -0.317 e. The second-order valence-electron chi connectivity index (χ2n) is 7.91. The van der Waals surface area contributed by atoms with Gasteiger partial charge < -0.3 is 5.32 Å². The van der Waals surface area contributed by atoms with E-state index in [0.29, 0.717) is 0 Å². The van der Waals surface area contributed by atoms with E-state index in [1.807, 2.05) is 0 Å². The molecule has 3 heteroatoms. The van der Waals surface area contributed by atoms with Crippen molar-refractivity contribution in [3.63, 3.8) is 0 Å². The monoisotopic (exact) mass is 403 g/mol. The zero-order valence-corrected chi connectivity index (χ0v) is 19.4. The first-order chi connectivity index (χ1) is 12.9. The highest BCUT2D eigenvalue weighted by Gasteiger charge is 1.95. The Kier molecular flexibility index (Phi) is 26.3. The van der Waals surface area contributed by atoms with Crippen LogP contribution in [0.5, 0.6) is 0 Å². The fraction of sp³-hybridized carbons (Fsp3) is 1.00. The fourth-order valence-electron chi connectivity index (χ4n) is 3.50. The first-order valence-electron chi connectivity index (χ1n) is 11.8. The maximum atomic E-state index is 4.26. The van der Waals surface area contributed by atoms with Crippen molar-refractivity contribution >= 4 is 25.3 Å². The van der Waals surface area contributed by atoms with Crippen molar-refractivity contribution in [2.24, 2.45) is 0 Å². The van der Waals surface area contributed by atoms with E-state index in [2.05, 4.69) is 30.6 Å². The first kappa shape index (κ1) is 26.7. The van der Waals surface area contributed by atoms with Crippen LogP contribution < -0.4 is 5.32 Å². The lowest BCUT2D eigenvalue weighted by molar-refractivity contribution is 0.527. The quantitative estimate of drug-likeness (QED) is 0.116. The molecule has 0 heterocycles. The number of thiol groups is 2. The van der Waals surface area contributed by atoms with Crippen LogP contribution in [-0.4, -0.2) is 24.6 Å². The average Bonchev–Trinajstić information content (AvgIpc) is 2.66. The number of rotatable bonds is 23. The summed E-state index contributed by atoms with van der Waals surface area (Å²) in [5, 5.41) is 3.63. The summed E-state index contributed by atoms with van der Waals surface area (Å²) in [6.45, 7) is 2.46. The fourth-order valence-corrected chi connectivity index (χ4v) is 3.95. The number of unbranched alkanes of at least 4 members (excludes halogenated alkanes) is 17. The molecule has 0 saturated heterocycles. The van der Waals surface area contributed by atoms with Gasteiger partial charge in [0.15, 0.2) is 0 Å². The van der Waals surface area contributed by atoms with Crippen LogP contribution in [0.15, 0.2) is 0 Å². The SMILES string of the molecule is SCCCCCCCCCCCCNCCCCCCCCCCCS. The van der Waals surface area contributed by atoms with Crippen molar-refractivity contribution < 1.29 is 0 Å². The molecule has 0 bridgehead atoms. The van der Waals surface area contributed by atoms with Gasteiger partial charge in [0.2, 0.25) is 0 Å². The van der Waals surface area contributed by atoms with Crippen LogP contribution in [0.25, 0.3) is 0 Å². The Morgan fingerprint density at radius 3 is 0.808 bits per heavy atom.